The molecule has 1 aliphatic heterocycles. The zero-order valence-corrected chi connectivity index (χ0v) is 18.6. The molecule has 0 amide bonds. The minimum absolute atomic E-state index is 0.180. The summed E-state index contributed by atoms with van der Waals surface area (Å²) >= 11 is 0. The summed E-state index contributed by atoms with van der Waals surface area (Å²) in [5.41, 5.74) is 1.04. The second-order valence-electron chi connectivity index (χ2n) is 7.15. The highest BCUT2D eigenvalue weighted by Crippen LogP contribution is 2.24. The maximum absolute atomic E-state index is 12.8. The predicted molar refractivity (Wildman–Crippen MR) is 115 cm³/mol. The molecule has 0 aromatic heterocycles. The third-order valence-electron chi connectivity index (χ3n) is 4.66. The molecule has 0 unspecified atom stereocenters. The number of carboxylic acid groups (broad SMARTS) is 2. The number of alkyl halides is 3. The minimum atomic E-state index is -5.08. The molecule has 34 heavy (non-hydrogen) atoms. The summed E-state index contributed by atoms with van der Waals surface area (Å²) in [7, 11) is -3.57. The summed E-state index contributed by atoms with van der Waals surface area (Å²) in [5.74, 6) is -3.52. The number of halogens is 3. The summed E-state index contributed by atoms with van der Waals surface area (Å²) in [5, 5.41) is 19.2. The number of ether oxygens (including phenoxy) is 1. The van der Waals surface area contributed by atoms with Gasteiger partial charge >= 0.3 is 18.1 Å². The van der Waals surface area contributed by atoms with E-state index in [0.29, 0.717) is 18.8 Å². The van der Waals surface area contributed by atoms with Crippen molar-refractivity contribution >= 4 is 27.6 Å². The Balaban J connectivity index is 0.000000509. The quantitative estimate of drug-likeness (QED) is 0.524. The Bertz CT molecular complexity index is 1050. The first kappa shape index (κ1) is 26.9. The first-order valence-electron chi connectivity index (χ1n) is 9.96. The number of nitrogens with one attached hydrogen (secondary N) is 1. The lowest BCUT2D eigenvalue weighted by atomic mass is 10.1. The molecule has 3 N–H and O–H groups in total. The Hall–Kier alpha value is -3.32. The van der Waals surface area contributed by atoms with Gasteiger partial charge in [0.1, 0.15) is 5.75 Å². The van der Waals surface area contributed by atoms with Gasteiger partial charge in [-0.2, -0.15) is 17.5 Å². The fraction of sp³-hybridized carbons (Fsp3) is 0.333. The van der Waals surface area contributed by atoms with E-state index in [1.807, 2.05) is 30.3 Å². The lowest BCUT2D eigenvalue weighted by molar-refractivity contribution is -0.192. The molecule has 2 aromatic rings. The van der Waals surface area contributed by atoms with Gasteiger partial charge in [-0.25, -0.2) is 18.0 Å². The number of piperidine rings is 1. The number of sulfonamides is 1. The second kappa shape index (κ2) is 11.7. The van der Waals surface area contributed by atoms with Crippen LogP contribution in [0.3, 0.4) is 0 Å². The summed E-state index contributed by atoms with van der Waals surface area (Å²) in [6.45, 7) is 0.433. The molecular formula is C21H23F3N2O7S. The SMILES string of the molecule is O=C(O)C(F)(F)F.O=C(O)COc1ccc(S(=O)(=O)N2CCC(Nc3ccccc3)CC2)cc1. The van der Waals surface area contributed by atoms with Crippen molar-refractivity contribution < 1.29 is 46.1 Å². The summed E-state index contributed by atoms with van der Waals surface area (Å²) in [6, 6.07) is 16.0. The third-order valence-corrected chi connectivity index (χ3v) is 6.58. The average molecular weight is 504 g/mol. The van der Waals surface area contributed by atoms with Crippen LogP contribution in [0.25, 0.3) is 0 Å². The van der Waals surface area contributed by atoms with Crippen LogP contribution in [0.1, 0.15) is 12.8 Å². The number of nitrogens with zero attached hydrogens (tertiary/aromatic N) is 1. The molecule has 0 radical (unpaired) electrons. The monoisotopic (exact) mass is 504 g/mol. The van der Waals surface area contributed by atoms with Crippen molar-refractivity contribution in [3.63, 3.8) is 0 Å². The number of carboxylic acids is 2. The van der Waals surface area contributed by atoms with Gasteiger partial charge in [0, 0.05) is 24.8 Å². The van der Waals surface area contributed by atoms with E-state index in [2.05, 4.69) is 5.32 Å². The number of benzene rings is 2. The molecule has 0 saturated carbocycles. The number of anilines is 1. The largest absolute Gasteiger partial charge is 0.490 e. The van der Waals surface area contributed by atoms with Crippen molar-refractivity contribution in [2.24, 2.45) is 0 Å². The Morgan fingerprint density at radius 2 is 1.53 bits per heavy atom. The Labute approximate surface area is 193 Å². The van der Waals surface area contributed by atoms with E-state index in [0.717, 1.165) is 18.5 Å². The molecule has 0 atom stereocenters. The van der Waals surface area contributed by atoms with Gasteiger partial charge in [-0.05, 0) is 49.2 Å². The van der Waals surface area contributed by atoms with E-state index in [1.165, 1.54) is 28.6 Å². The van der Waals surface area contributed by atoms with Crippen molar-refractivity contribution in [1.29, 1.82) is 0 Å². The molecule has 0 bridgehead atoms. The van der Waals surface area contributed by atoms with Crippen molar-refractivity contribution in [1.82, 2.24) is 4.31 Å². The van der Waals surface area contributed by atoms with E-state index >= 15 is 0 Å². The first-order valence-corrected chi connectivity index (χ1v) is 11.4. The lowest BCUT2D eigenvalue weighted by Crippen LogP contribution is -2.42. The summed E-state index contributed by atoms with van der Waals surface area (Å²) in [4.78, 5) is 19.6. The van der Waals surface area contributed by atoms with Crippen LogP contribution in [-0.2, 0) is 19.6 Å². The molecule has 186 valence electrons. The minimum Gasteiger partial charge on any atom is -0.482 e. The summed E-state index contributed by atoms with van der Waals surface area (Å²) < 4.78 is 63.9. The Morgan fingerprint density at radius 1 is 1.00 bits per heavy atom. The van der Waals surface area contributed by atoms with Crippen LogP contribution in [0.15, 0.2) is 59.5 Å². The van der Waals surface area contributed by atoms with Crippen LogP contribution in [0, 0.1) is 0 Å². The van der Waals surface area contributed by atoms with E-state index < -0.39 is 34.7 Å². The number of hydrogen-bond donors (Lipinski definition) is 3. The summed E-state index contributed by atoms with van der Waals surface area (Å²) in [6.07, 6.45) is -3.62. The zero-order valence-electron chi connectivity index (χ0n) is 17.7. The standard InChI is InChI=1S/C19H22N2O5S.C2HF3O2/c22-19(23)14-26-17-6-8-18(9-7-17)27(24,25)21-12-10-16(11-13-21)20-15-4-2-1-3-5-15;3-2(4,5)1(6)7/h1-9,16,20H,10-14H2,(H,22,23);(H,6,7). The Morgan fingerprint density at radius 3 is 2.00 bits per heavy atom. The Kier molecular flexibility index (Phi) is 9.27. The molecule has 13 heteroatoms. The molecular weight excluding hydrogens is 481 g/mol. The number of carbonyl (C=O) groups is 2. The maximum Gasteiger partial charge on any atom is 0.490 e. The highest BCUT2D eigenvalue weighted by Gasteiger charge is 2.38. The van der Waals surface area contributed by atoms with Gasteiger partial charge in [0.2, 0.25) is 10.0 Å². The molecule has 1 heterocycles. The number of hydrogen-bond acceptors (Lipinski definition) is 6. The van der Waals surface area contributed by atoms with Crippen molar-refractivity contribution in [2.45, 2.75) is 30.0 Å². The fourth-order valence-corrected chi connectivity index (χ4v) is 4.48. The smallest absolute Gasteiger partial charge is 0.482 e. The van der Waals surface area contributed by atoms with Crippen LogP contribution >= 0.6 is 0 Å². The van der Waals surface area contributed by atoms with E-state index in [1.54, 1.807) is 0 Å². The van der Waals surface area contributed by atoms with Crippen molar-refractivity contribution in [3.8, 4) is 5.75 Å². The molecule has 1 fully saturated rings. The van der Waals surface area contributed by atoms with Crippen molar-refractivity contribution in [3.05, 3.63) is 54.6 Å². The number of aliphatic carboxylic acids is 2. The zero-order chi connectivity index (χ0) is 25.4. The van der Waals surface area contributed by atoms with Gasteiger partial charge in [-0.15, -0.1) is 0 Å². The molecule has 1 saturated heterocycles. The molecule has 1 aliphatic rings. The van der Waals surface area contributed by atoms with Gasteiger partial charge in [-0.3, -0.25) is 0 Å². The van der Waals surface area contributed by atoms with Gasteiger partial charge < -0.3 is 20.3 Å². The molecule has 3 rings (SSSR count). The molecule has 0 spiro atoms. The van der Waals surface area contributed by atoms with Crippen LogP contribution in [-0.4, -0.2) is 66.8 Å². The molecule has 2 aromatic carbocycles. The second-order valence-corrected chi connectivity index (χ2v) is 9.08. The van der Waals surface area contributed by atoms with Gasteiger partial charge in [-0.1, -0.05) is 18.2 Å². The van der Waals surface area contributed by atoms with Crippen LogP contribution in [0.4, 0.5) is 18.9 Å². The highest BCUT2D eigenvalue weighted by molar-refractivity contribution is 7.89. The highest BCUT2D eigenvalue weighted by atomic mass is 32.2. The van der Waals surface area contributed by atoms with Crippen molar-refractivity contribution in [2.75, 3.05) is 25.0 Å². The average Bonchev–Trinajstić information content (AvgIpc) is 2.79. The van der Waals surface area contributed by atoms with E-state index in [4.69, 9.17) is 19.7 Å². The lowest BCUT2D eigenvalue weighted by Gasteiger charge is -2.32. The topological polar surface area (TPSA) is 133 Å². The number of para-hydroxylation sites is 1. The van der Waals surface area contributed by atoms with Crippen LogP contribution in [0.2, 0.25) is 0 Å². The van der Waals surface area contributed by atoms with Gasteiger partial charge in [0.15, 0.2) is 6.61 Å². The van der Waals surface area contributed by atoms with E-state index in [9.17, 15) is 26.4 Å². The van der Waals surface area contributed by atoms with Crippen LogP contribution < -0.4 is 10.1 Å². The third kappa shape index (κ3) is 8.23. The van der Waals surface area contributed by atoms with Gasteiger partial charge in [0.25, 0.3) is 0 Å². The first-order chi connectivity index (χ1) is 15.9. The number of rotatable bonds is 7. The predicted octanol–water partition coefficient (Wildman–Crippen LogP) is 3.05. The van der Waals surface area contributed by atoms with E-state index in [-0.39, 0.29) is 10.9 Å². The normalized spacial score (nSPS) is 15.0. The van der Waals surface area contributed by atoms with Crippen LogP contribution in [0.5, 0.6) is 5.75 Å². The van der Waals surface area contributed by atoms with Gasteiger partial charge in [0.05, 0.1) is 4.90 Å². The molecule has 0 aliphatic carbocycles. The maximum atomic E-state index is 12.8. The molecule has 9 nitrogen and oxygen atoms in total. The fourth-order valence-electron chi connectivity index (χ4n) is 3.01.